The Kier molecular flexibility index (Phi) is 5.51. The van der Waals surface area contributed by atoms with E-state index in [4.69, 9.17) is 27.9 Å². The van der Waals surface area contributed by atoms with Gasteiger partial charge in [-0.15, -0.1) is 0 Å². The van der Waals surface area contributed by atoms with Gasteiger partial charge in [-0.2, -0.15) is 0 Å². The number of methoxy groups -OCH3 is 1. The third-order valence-corrected chi connectivity index (χ3v) is 4.27. The molecule has 0 aliphatic carbocycles. The number of benzene rings is 2. The van der Waals surface area contributed by atoms with Crippen molar-refractivity contribution in [3.63, 3.8) is 0 Å². The van der Waals surface area contributed by atoms with Gasteiger partial charge in [-0.1, -0.05) is 47.5 Å². The summed E-state index contributed by atoms with van der Waals surface area (Å²) in [5.41, 5.74) is 3.14. The summed E-state index contributed by atoms with van der Waals surface area (Å²) >= 11 is 12.3. The molecule has 0 unspecified atom stereocenters. The van der Waals surface area contributed by atoms with Crippen LogP contribution in [0.15, 0.2) is 42.7 Å². The van der Waals surface area contributed by atoms with E-state index in [0.717, 1.165) is 24.2 Å². The number of nitrogens with zero attached hydrogens (tertiary/aromatic N) is 2. The van der Waals surface area contributed by atoms with Gasteiger partial charge in [-0.25, -0.2) is 9.97 Å². The Bertz CT molecular complexity index is 855. The fourth-order valence-electron chi connectivity index (χ4n) is 2.65. The number of anilines is 1. The molecule has 1 N–H and O–H groups in total. The highest BCUT2D eigenvalue weighted by Crippen LogP contribution is 2.29. The maximum Gasteiger partial charge on any atom is 0.137 e. The SMILES string of the molecule is COCc1ccccc1CCNc1ncnc2c(Cl)cc(Cl)cc12. The first-order valence-corrected chi connectivity index (χ1v) is 8.34. The molecule has 0 saturated heterocycles. The summed E-state index contributed by atoms with van der Waals surface area (Å²) in [6.45, 7) is 1.34. The molecule has 0 atom stereocenters. The van der Waals surface area contributed by atoms with Crippen LogP contribution < -0.4 is 5.32 Å². The molecule has 3 aromatic rings. The zero-order chi connectivity index (χ0) is 16.9. The first kappa shape index (κ1) is 17.0. The van der Waals surface area contributed by atoms with Gasteiger partial charge >= 0.3 is 0 Å². The van der Waals surface area contributed by atoms with Crippen molar-refractivity contribution in [3.8, 4) is 0 Å². The maximum atomic E-state index is 6.20. The minimum atomic E-state index is 0.522. The van der Waals surface area contributed by atoms with Gasteiger partial charge in [0.2, 0.25) is 0 Å². The highest BCUT2D eigenvalue weighted by molar-refractivity contribution is 6.38. The monoisotopic (exact) mass is 361 g/mol. The van der Waals surface area contributed by atoms with Crippen LogP contribution in [0.5, 0.6) is 0 Å². The smallest absolute Gasteiger partial charge is 0.137 e. The summed E-state index contributed by atoms with van der Waals surface area (Å²) in [7, 11) is 1.70. The topological polar surface area (TPSA) is 47.0 Å². The zero-order valence-corrected chi connectivity index (χ0v) is 14.7. The Hall–Kier alpha value is -1.88. The van der Waals surface area contributed by atoms with Crippen molar-refractivity contribution in [1.29, 1.82) is 0 Å². The number of nitrogens with one attached hydrogen (secondary N) is 1. The fraction of sp³-hybridized carbons (Fsp3) is 0.222. The van der Waals surface area contributed by atoms with Crippen LogP contribution in [0.25, 0.3) is 10.9 Å². The molecule has 1 heterocycles. The van der Waals surface area contributed by atoms with Crippen molar-refractivity contribution in [1.82, 2.24) is 9.97 Å². The van der Waals surface area contributed by atoms with Crippen molar-refractivity contribution in [2.45, 2.75) is 13.0 Å². The highest BCUT2D eigenvalue weighted by atomic mass is 35.5. The van der Waals surface area contributed by atoms with E-state index in [1.54, 1.807) is 13.2 Å². The van der Waals surface area contributed by atoms with E-state index in [2.05, 4.69) is 27.4 Å². The average Bonchev–Trinajstić information content (AvgIpc) is 2.57. The predicted molar refractivity (Wildman–Crippen MR) is 98.9 cm³/mol. The van der Waals surface area contributed by atoms with Crippen molar-refractivity contribution in [2.24, 2.45) is 0 Å². The van der Waals surface area contributed by atoms with E-state index in [1.807, 2.05) is 18.2 Å². The third-order valence-electron chi connectivity index (χ3n) is 3.76. The highest BCUT2D eigenvalue weighted by Gasteiger charge is 2.09. The molecule has 0 radical (unpaired) electrons. The first-order valence-electron chi connectivity index (χ1n) is 7.58. The first-order chi connectivity index (χ1) is 11.7. The van der Waals surface area contributed by atoms with Gasteiger partial charge < -0.3 is 10.1 Å². The molecule has 6 heteroatoms. The summed E-state index contributed by atoms with van der Waals surface area (Å²) in [5, 5.41) is 5.26. The van der Waals surface area contributed by atoms with Gasteiger partial charge in [0.1, 0.15) is 12.1 Å². The van der Waals surface area contributed by atoms with Crippen LogP contribution in [0.2, 0.25) is 10.0 Å². The molecule has 0 bridgehead atoms. The molecule has 0 fully saturated rings. The molecule has 1 aromatic heterocycles. The zero-order valence-electron chi connectivity index (χ0n) is 13.2. The molecular formula is C18H17Cl2N3O. The van der Waals surface area contributed by atoms with Gasteiger partial charge in [0.05, 0.1) is 17.1 Å². The number of hydrogen-bond donors (Lipinski definition) is 1. The van der Waals surface area contributed by atoms with Crippen LogP contribution in [-0.2, 0) is 17.8 Å². The van der Waals surface area contributed by atoms with Crippen LogP contribution >= 0.6 is 23.2 Å². The van der Waals surface area contributed by atoms with Gasteiger partial charge in [0, 0.05) is 24.1 Å². The van der Waals surface area contributed by atoms with Crippen LogP contribution in [0.4, 0.5) is 5.82 Å². The summed E-state index contributed by atoms with van der Waals surface area (Å²) in [6.07, 6.45) is 2.36. The Morgan fingerprint density at radius 3 is 2.67 bits per heavy atom. The average molecular weight is 362 g/mol. The number of rotatable bonds is 6. The molecular weight excluding hydrogens is 345 g/mol. The number of ether oxygens (including phenoxy) is 1. The summed E-state index contributed by atoms with van der Waals surface area (Å²) in [5.74, 6) is 0.730. The fourth-order valence-corrected chi connectivity index (χ4v) is 3.19. The number of halogens is 2. The van der Waals surface area contributed by atoms with E-state index < -0.39 is 0 Å². The van der Waals surface area contributed by atoms with Gasteiger partial charge in [0.15, 0.2) is 0 Å². The number of hydrogen-bond acceptors (Lipinski definition) is 4. The molecule has 4 nitrogen and oxygen atoms in total. The molecule has 2 aromatic carbocycles. The van der Waals surface area contributed by atoms with Crippen molar-refractivity contribution in [2.75, 3.05) is 19.0 Å². The quantitative estimate of drug-likeness (QED) is 0.688. The van der Waals surface area contributed by atoms with Crippen LogP contribution in [-0.4, -0.2) is 23.6 Å². The molecule has 0 amide bonds. The standard InChI is InChI=1S/C18H17Cl2N3O/c1-24-10-13-5-3-2-4-12(13)6-7-21-18-15-8-14(19)9-16(20)17(15)22-11-23-18/h2-5,8-9,11H,6-7,10H2,1H3,(H,21,22,23). The van der Waals surface area contributed by atoms with Crippen molar-refractivity contribution in [3.05, 3.63) is 63.9 Å². The lowest BCUT2D eigenvalue weighted by atomic mass is 10.1. The Morgan fingerprint density at radius 2 is 1.88 bits per heavy atom. The van der Waals surface area contributed by atoms with E-state index in [0.29, 0.717) is 22.2 Å². The summed E-state index contributed by atoms with van der Waals surface area (Å²) in [4.78, 5) is 8.54. The van der Waals surface area contributed by atoms with Gasteiger partial charge in [-0.3, -0.25) is 0 Å². The van der Waals surface area contributed by atoms with E-state index >= 15 is 0 Å². The summed E-state index contributed by atoms with van der Waals surface area (Å²) in [6, 6.07) is 11.8. The normalized spacial score (nSPS) is 11.0. The second-order valence-corrected chi connectivity index (χ2v) is 6.23. The van der Waals surface area contributed by atoms with E-state index in [-0.39, 0.29) is 0 Å². The molecule has 0 aliphatic heterocycles. The van der Waals surface area contributed by atoms with E-state index in [9.17, 15) is 0 Å². The number of fused-ring (bicyclic) bond motifs is 1. The maximum absolute atomic E-state index is 6.20. The van der Waals surface area contributed by atoms with Crippen LogP contribution in [0, 0.1) is 0 Å². The molecule has 124 valence electrons. The van der Waals surface area contributed by atoms with Gasteiger partial charge in [0.25, 0.3) is 0 Å². The molecule has 0 spiro atoms. The second kappa shape index (κ2) is 7.79. The van der Waals surface area contributed by atoms with Crippen LogP contribution in [0.1, 0.15) is 11.1 Å². The minimum absolute atomic E-state index is 0.522. The third kappa shape index (κ3) is 3.78. The lowest BCUT2D eigenvalue weighted by Gasteiger charge is -2.11. The minimum Gasteiger partial charge on any atom is -0.380 e. The summed E-state index contributed by atoms with van der Waals surface area (Å²) < 4.78 is 5.25. The largest absolute Gasteiger partial charge is 0.380 e. The Morgan fingerprint density at radius 1 is 1.08 bits per heavy atom. The van der Waals surface area contributed by atoms with Crippen molar-refractivity contribution >= 4 is 39.9 Å². The Labute approximate surface area is 150 Å². The van der Waals surface area contributed by atoms with Crippen molar-refractivity contribution < 1.29 is 4.74 Å². The predicted octanol–water partition coefficient (Wildman–Crippen LogP) is 4.74. The van der Waals surface area contributed by atoms with E-state index in [1.165, 1.54) is 17.5 Å². The molecule has 3 rings (SSSR count). The lowest BCUT2D eigenvalue weighted by molar-refractivity contribution is 0.184. The number of aromatic nitrogens is 2. The lowest BCUT2D eigenvalue weighted by Crippen LogP contribution is -2.09. The molecule has 0 saturated carbocycles. The second-order valence-electron chi connectivity index (χ2n) is 5.38. The molecule has 24 heavy (non-hydrogen) atoms. The van der Waals surface area contributed by atoms with Gasteiger partial charge in [-0.05, 0) is 29.7 Å². The van der Waals surface area contributed by atoms with Crippen LogP contribution in [0.3, 0.4) is 0 Å². The Balaban J connectivity index is 1.77. The molecule has 0 aliphatic rings.